The third-order valence-electron chi connectivity index (χ3n) is 5.05. The molecular formula is C17H27NSi. The molecule has 0 saturated heterocycles. The maximum Gasteiger partial charge on any atom is 0.127 e. The van der Waals surface area contributed by atoms with E-state index in [0.717, 1.165) is 12.1 Å². The maximum atomic E-state index is 3.00. The van der Waals surface area contributed by atoms with Crippen molar-refractivity contribution in [2.24, 2.45) is 0 Å². The Morgan fingerprint density at radius 1 is 0.737 bits per heavy atom. The van der Waals surface area contributed by atoms with Gasteiger partial charge in [0.15, 0.2) is 0 Å². The molecule has 1 aromatic carbocycles. The van der Waals surface area contributed by atoms with Gasteiger partial charge in [0.25, 0.3) is 0 Å². The second-order valence-electron chi connectivity index (χ2n) is 6.39. The first-order valence-electron chi connectivity index (χ1n) is 8.23. The van der Waals surface area contributed by atoms with Crippen LogP contribution in [0.2, 0.25) is 0 Å². The van der Waals surface area contributed by atoms with Crippen LogP contribution in [0.3, 0.4) is 0 Å². The SMILES string of the molecule is c1ccc([SiH2]N(C2CCCCC2)C2CCCC2)cc1. The minimum Gasteiger partial charge on any atom is -0.319 e. The second kappa shape index (κ2) is 6.71. The molecule has 0 atom stereocenters. The fourth-order valence-corrected chi connectivity index (χ4v) is 6.15. The van der Waals surface area contributed by atoms with Crippen LogP contribution in [0.5, 0.6) is 0 Å². The molecule has 0 radical (unpaired) electrons. The van der Waals surface area contributed by atoms with Gasteiger partial charge in [-0.3, -0.25) is 0 Å². The molecule has 0 heterocycles. The molecule has 0 unspecified atom stereocenters. The molecule has 19 heavy (non-hydrogen) atoms. The molecule has 2 heteroatoms. The Morgan fingerprint density at radius 2 is 1.26 bits per heavy atom. The lowest BCUT2D eigenvalue weighted by atomic mass is 9.94. The van der Waals surface area contributed by atoms with Crippen LogP contribution < -0.4 is 5.19 Å². The minimum atomic E-state index is -0.238. The molecule has 0 amide bonds. The Hall–Kier alpha value is -0.603. The Labute approximate surface area is 120 Å². The average Bonchev–Trinajstić information content (AvgIpc) is 3.01. The largest absolute Gasteiger partial charge is 0.319 e. The van der Waals surface area contributed by atoms with Gasteiger partial charge in [-0.25, -0.2) is 0 Å². The summed E-state index contributed by atoms with van der Waals surface area (Å²) in [5.74, 6) is 0. The van der Waals surface area contributed by atoms with Gasteiger partial charge >= 0.3 is 0 Å². The third-order valence-corrected chi connectivity index (χ3v) is 7.28. The highest BCUT2D eigenvalue weighted by molar-refractivity contribution is 6.50. The fraction of sp³-hybridized carbons (Fsp3) is 0.647. The van der Waals surface area contributed by atoms with E-state index in [2.05, 4.69) is 34.9 Å². The first-order chi connectivity index (χ1) is 9.43. The molecule has 104 valence electrons. The van der Waals surface area contributed by atoms with E-state index >= 15 is 0 Å². The maximum absolute atomic E-state index is 3.00. The summed E-state index contributed by atoms with van der Waals surface area (Å²) in [4.78, 5) is 0. The van der Waals surface area contributed by atoms with Gasteiger partial charge in [0.2, 0.25) is 0 Å². The summed E-state index contributed by atoms with van der Waals surface area (Å²) in [6.07, 6.45) is 13.2. The average molecular weight is 273 g/mol. The second-order valence-corrected chi connectivity index (χ2v) is 8.25. The van der Waals surface area contributed by atoms with Gasteiger partial charge in [0.05, 0.1) is 0 Å². The van der Waals surface area contributed by atoms with Crippen molar-refractivity contribution in [2.45, 2.75) is 69.9 Å². The number of rotatable bonds is 4. The van der Waals surface area contributed by atoms with Gasteiger partial charge in [-0.05, 0) is 30.9 Å². The summed E-state index contributed by atoms with van der Waals surface area (Å²) in [7, 11) is -0.238. The summed E-state index contributed by atoms with van der Waals surface area (Å²) in [5, 5.41) is 1.64. The van der Waals surface area contributed by atoms with Crippen molar-refractivity contribution in [2.75, 3.05) is 0 Å². The molecule has 2 aliphatic carbocycles. The lowest BCUT2D eigenvalue weighted by molar-refractivity contribution is 0.207. The topological polar surface area (TPSA) is 3.24 Å². The summed E-state index contributed by atoms with van der Waals surface area (Å²) < 4.78 is 3.00. The number of hydrogen-bond donors (Lipinski definition) is 0. The van der Waals surface area contributed by atoms with Gasteiger partial charge < -0.3 is 4.57 Å². The van der Waals surface area contributed by atoms with Crippen LogP contribution in [-0.4, -0.2) is 26.3 Å². The minimum absolute atomic E-state index is 0.238. The van der Waals surface area contributed by atoms with E-state index in [1.165, 1.54) is 57.8 Å². The monoisotopic (exact) mass is 273 g/mol. The van der Waals surface area contributed by atoms with Crippen LogP contribution in [0.15, 0.2) is 30.3 Å². The highest BCUT2D eigenvalue weighted by Crippen LogP contribution is 2.29. The quantitative estimate of drug-likeness (QED) is 0.762. The van der Waals surface area contributed by atoms with E-state index < -0.39 is 0 Å². The van der Waals surface area contributed by atoms with E-state index in [9.17, 15) is 0 Å². The van der Waals surface area contributed by atoms with Crippen LogP contribution in [-0.2, 0) is 0 Å². The van der Waals surface area contributed by atoms with Gasteiger partial charge in [-0.1, -0.05) is 62.4 Å². The number of nitrogens with zero attached hydrogens (tertiary/aromatic N) is 1. The predicted octanol–water partition coefficient (Wildman–Crippen LogP) is 2.97. The molecule has 2 fully saturated rings. The zero-order valence-electron chi connectivity index (χ0n) is 12.1. The van der Waals surface area contributed by atoms with Crippen LogP contribution in [0.4, 0.5) is 0 Å². The molecular weight excluding hydrogens is 246 g/mol. The first-order valence-corrected chi connectivity index (χ1v) is 9.57. The van der Waals surface area contributed by atoms with Crippen molar-refractivity contribution in [3.63, 3.8) is 0 Å². The Kier molecular flexibility index (Phi) is 4.73. The lowest BCUT2D eigenvalue weighted by Gasteiger charge is -2.39. The van der Waals surface area contributed by atoms with Crippen LogP contribution in [0, 0.1) is 0 Å². The Balaban J connectivity index is 1.71. The summed E-state index contributed by atoms with van der Waals surface area (Å²) in [6.45, 7) is 0. The van der Waals surface area contributed by atoms with Crippen molar-refractivity contribution in [3.05, 3.63) is 30.3 Å². The van der Waals surface area contributed by atoms with E-state index in [1.807, 2.05) is 0 Å². The molecule has 0 aliphatic heterocycles. The van der Waals surface area contributed by atoms with Crippen molar-refractivity contribution >= 4 is 14.9 Å². The summed E-state index contributed by atoms with van der Waals surface area (Å²) in [6, 6.07) is 13.2. The molecule has 1 aromatic rings. The van der Waals surface area contributed by atoms with Crippen molar-refractivity contribution in [1.82, 2.24) is 4.57 Å². The molecule has 0 N–H and O–H groups in total. The van der Waals surface area contributed by atoms with Gasteiger partial charge in [0, 0.05) is 12.1 Å². The lowest BCUT2D eigenvalue weighted by Crippen LogP contribution is -2.49. The van der Waals surface area contributed by atoms with Crippen LogP contribution >= 0.6 is 0 Å². The highest BCUT2D eigenvalue weighted by Gasteiger charge is 2.29. The van der Waals surface area contributed by atoms with E-state index in [-0.39, 0.29) is 9.68 Å². The predicted molar refractivity (Wildman–Crippen MR) is 85.6 cm³/mol. The normalized spacial score (nSPS) is 22.8. The van der Waals surface area contributed by atoms with E-state index in [1.54, 1.807) is 5.19 Å². The van der Waals surface area contributed by atoms with E-state index in [0.29, 0.717) is 0 Å². The Morgan fingerprint density at radius 3 is 1.84 bits per heavy atom. The fourth-order valence-electron chi connectivity index (χ4n) is 4.00. The smallest absolute Gasteiger partial charge is 0.127 e. The molecule has 0 aromatic heterocycles. The molecule has 3 rings (SSSR count). The van der Waals surface area contributed by atoms with Crippen LogP contribution in [0.1, 0.15) is 57.8 Å². The molecule has 0 bridgehead atoms. The van der Waals surface area contributed by atoms with Gasteiger partial charge in [-0.15, -0.1) is 0 Å². The van der Waals surface area contributed by atoms with Crippen LogP contribution in [0.25, 0.3) is 0 Å². The molecule has 0 spiro atoms. The van der Waals surface area contributed by atoms with Gasteiger partial charge in [-0.2, -0.15) is 0 Å². The zero-order chi connectivity index (χ0) is 12.9. The van der Waals surface area contributed by atoms with Crippen molar-refractivity contribution < 1.29 is 0 Å². The van der Waals surface area contributed by atoms with Gasteiger partial charge in [0.1, 0.15) is 9.68 Å². The standard InChI is InChI=1S/C17H27NSi/c1-3-9-15(10-4-1)18(16-11-7-8-12-16)19-17-13-5-2-6-14-17/h2,5-6,13-16H,1,3-4,7-12,19H2. The molecule has 2 aliphatic rings. The summed E-state index contributed by atoms with van der Waals surface area (Å²) in [5.41, 5.74) is 0. The van der Waals surface area contributed by atoms with E-state index in [4.69, 9.17) is 0 Å². The number of hydrogen-bond acceptors (Lipinski definition) is 1. The Bertz CT molecular complexity index is 366. The summed E-state index contributed by atoms with van der Waals surface area (Å²) >= 11 is 0. The number of benzene rings is 1. The zero-order valence-corrected chi connectivity index (χ0v) is 13.5. The first kappa shape index (κ1) is 13.4. The molecule has 1 nitrogen and oxygen atoms in total. The van der Waals surface area contributed by atoms with Crippen molar-refractivity contribution in [3.8, 4) is 0 Å². The third kappa shape index (κ3) is 3.49. The highest BCUT2D eigenvalue weighted by atomic mass is 28.2. The van der Waals surface area contributed by atoms with Crippen molar-refractivity contribution in [1.29, 1.82) is 0 Å². The molecule has 2 saturated carbocycles.